The van der Waals surface area contributed by atoms with Gasteiger partial charge in [-0.1, -0.05) is 35.9 Å². The topological polar surface area (TPSA) is 66.9 Å². The van der Waals surface area contributed by atoms with E-state index >= 15 is 0 Å². The van der Waals surface area contributed by atoms with Crippen LogP contribution in [0.3, 0.4) is 0 Å². The first kappa shape index (κ1) is 27.5. The molecule has 0 aliphatic heterocycles. The van der Waals surface area contributed by atoms with Gasteiger partial charge in [-0.25, -0.2) is 4.85 Å². The first-order valence-electron chi connectivity index (χ1n) is 12.8. The molecule has 5 aromatic rings. The largest absolute Gasteiger partial charge is 0.497 e. The molecule has 0 radical (unpaired) electrons. The number of ether oxygens (including phenoxy) is 3. The molecule has 5 rings (SSSR count). The van der Waals surface area contributed by atoms with Gasteiger partial charge < -0.3 is 14.2 Å². The second-order valence-corrected chi connectivity index (χ2v) is 9.59. The summed E-state index contributed by atoms with van der Waals surface area (Å²) in [6, 6.07) is 23.6. The van der Waals surface area contributed by atoms with E-state index in [1.54, 1.807) is 69.2 Å². The summed E-state index contributed by atoms with van der Waals surface area (Å²) in [5, 5.41) is 0.430. The maximum atomic E-state index is 13.8. The van der Waals surface area contributed by atoms with Gasteiger partial charge in [0.05, 0.1) is 39.3 Å². The summed E-state index contributed by atoms with van der Waals surface area (Å²) < 4.78 is 18.3. The van der Waals surface area contributed by atoms with Crippen LogP contribution in [-0.2, 0) is 6.42 Å². The van der Waals surface area contributed by atoms with Gasteiger partial charge in [0, 0.05) is 35.5 Å². The van der Waals surface area contributed by atoms with Crippen molar-refractivity contribution in [3.05, 3.63) is 130 Å². The standard InChI is InChI=1S/C33H26ClN3O4/c1-35-32-9-5-4-8-30(32)24-17-31(33(38)37(21-24)26-7-6-11-36-20-26)23-15-25(34)18-29(16-23)41-12-10-22-13-27(39-2)19-28(14-22)40-3/h4-9,11,13-21H,10,12H2,2-3H3. The van der Waals surface area contributed by atoms with Crippen molar-refractivity contribution >= 4 is 17.3 Å². The zero-order chi connectivity index (χ0) is 28.8. The second-order valence-electron chi connectivity index (χ2n) is 9.15. The fourth-order valence-corrected chi connectivity index (χ4v) is 4.76. The highest BCUT2D eigenvalue weighted by Gasteiger charge is 2.15. The molecule has 204 valence electrons. The molecule has 2 heterocycles. The molecule has 0 atom stereocenters. The molecule has 0 unspecified atom stereocenters. The van der Waals surface area contributed by atoms with Gasteiger partial charge in [-0.3, -0.25) is 14.3 Å². The van der Waals surface area contributed by atoms with E-state index in [1.807, 2.05) is 42.5 Å². The van der Waals surface area contributed by atoms with Crippen molar-refractivity contribution in [1.82, 2.24) is 9.55 Å². The van der Waals surface area contributed by atoms with Crippen LogP contribution in [-0.4, -0.2) is 30.4 Å². The van der Waals surface area contributed by atoms with Gasteiger partial charge in [-0.2, -0.15) is 0 Å². The van der Waals surface area contributed by atoms with Crippen LogP contribution in [0.5, 0.6) is 17.2 Å². The minimum atomic E-state index is -0.251. The Morgan fingerprint density at radius 2 is 1.66 bits per heavy atom. The quantitative estimate of drug-likeness (QED) is 0.175. The van der Waals surface area contributed by atoms with Crippen molar-refractivity contribution in [2.75, 3.05) is 20.8 Å². The zero-order valence-electron chi connectivity index (χ0n) is 22.5. The predicted octanol–water partition coefficient (Wildman–Crippen LogP) is 7.41. The van der Waals surface area contributed by atoms with Gasteiger partial charge in [0.2, 0.25) is 0 Å². The lowest BCUT2D eigenvalue weighted by molar-refractivity contribution is 0.321. The fraction of sp³-hybridized carbons (Fsp3) is 0.121. The minimum absolute atomic E-state index is 0.251. The lowest BCUT2D eigenvalue weighted by atomic mass is 10.00. The molecule has 0 amide bonds. The molecule has 3 aromatic carbocycles. The SMILES string of the molecule is [C-]#[N+]c1ccccc1-c1cc(-c2cc(Cl)cc(OCCc3cc(OC)cc(OC)c3)c2)c(=O)n(-c2cccnc2)c1. The summed E-state index contributed by atoms with van der Waals surface area (Å²) in [7, 11) is 3.22. The van der Waals surface area contributed by atoms with Gasteiger partial charge in [-0.15, -0.1) is 0 Å². The van der Waals surface area contributed by atoms with Crippen molar-refractivity contribution in [2.24, 2.45) is 0 Å². The number of aromatic nitrogens is 2. The number of pyridine rings is 2. The van der Waals surface area contributed by atoms with Crippen LogP contribution >= 0.6 is 11.6 Å². The van der Waals surface area contributed by atoms with Crippen LogP contribution < -0.4 is 19.8 Å². The average molecular weight is 564 g/mol. The van der Waals surface area contributed by atoms with Crippen molar-refractivity contribution in [3.8, 4) is 45.2 Å². The van der Waals surface area contributed by atoms with E-state index in [0.29, 0.717) is 68.9 Å². The molecule has 8 heteroatoms. The molecule has 0 N–H and O–H groups in total. The molecule has 0 saturated heterocycles. The molecule has 7 nitrogen and oxygen atoms in total. The highest BCUT2D eigenvalue weighted by molar-refractivity contribution is 6.31. The Bertz CT molecular complexity index is 1770. The van der Waals surface area contributed by atoms with Crippen LogP contribution in [0, 0.1) is 6.57 Å². The second kappa shape index (κ2) is 12.4. The number of rotatable bonds is 9. The van der Waals surface area contributed by atoms with Gasteiger partial charge in [0.25, 0.3) is 5.56 Å². The number of para-hydroxylation sites is 1. The summed E-state index contributed by atoms with van der Waals surface area (Å²) in [5.41, 5.74) is 4.27. The third kappa shape index (κ3) is 6.24. The predicted molar refractivity (Wildman–Crippen MR) is 161 cm³/mol. The summed E-state index contributed by atoms with van der Waals surface area (Å²) in [6.07, 6.45) is 5.61. The molecule has 0 saturated carbocycles. The number of benzene rings is 3. The van der Waals surface area contributed by atoms with Gasteiger partial charge in [0.15, 0.2) is 5.69 Å². The Balaban J connectivity index is 1.53. The molecular formula is C33H26ClN3O4. The normalized spacial score (nSPS) is 10.6. The van der Waals surface area contributed by atoms with Crippen molar-refractivity contribution in [3.63, 3.8) is 0 Å². The van der Waals surface area contributed by atoms with Crippen LogP contribution in [0.1, 0.15) is 5.56 Å². The maximum absolute atomic E-state index is 13.8. The highest BCUT2D eigenvalue weighted by Crippen LogP contribution is 2.34. The third-order valence-corrected chi connectivity index (χ3v) is 6.75. The molecule has 2 aromatic heterocycles. The van der Waals surface area contributed by atoms with E-state index in [4.69, 9.17) is 32.4 Å². The Hall–Kier alpha value is -5.06. The van der Waals surface area contributed by atoms with E-state index in [2.05, 4.69) is 9.83 Å². The minimum Gasteiger partial charge on any atom is -0.497 e. The zero-order valence-corrected chi connectivity index (χ0v) is 23.3. The van der Waals surface area contributed by atoms with E-state index in [-0.39, 0.29) is 5.56 Å². The monoisotopic (exact) mass is 563 g/mol. The van der Waals surface area contributed by atoms with E-state index in [1.165, 1.54) is 4.57 Å². The Morgan fingerprint density at radius 1 is 0.878 bits per heavy atom. The van der Waals surface area contributed by atoms with Crippen LogP contribution in [0.25, 0.3) is 32.8 Å². The summed E-state index contributed by atoms with van der Waals surface area (Å²) >= 11 is 6.52. The average Bonchev–Trinajstić information content (AvgIpc) is 3.01. The van der Waals surface area contributed by atoms with Crippen LogP contribution in [0.4, 0.5) is 5.69 Å². The van der Waals surface area contributed by atoms with Gasteiger partial charge in [0.1, 0.15) is 17.2 Å². The molecule has 0 aliphatic carbocycles. The Kier molecular flexibility index (Phi) is 8.33. The molecule has 41 heavy (non-hydrogen) atoms. The Labute approximate surface area is 243 Å². The highest BCUT2D eigenvalue weighted by atomic mass is 35.5. The molecule has 0 spiro atoms. The molecule has 0 aliphatic rings. The van der Waals surface area contributed by atoms with Crippen LogP contribution in [0.2, 0.25) is 5.02 Å². The first-order chi connectivity index (χ1) is 20.0. The number of nitrogens with zero attached hydrogens (tertiary/aromatic N) is 3. The third-order valence-electron chi connectivity index (χ3n) is 6.53. The molecular weight excluding hydrogens is 538 g/mol. The van der Waals surface area contributed by atoms with E-state index in [9.17, 15) is 4.79 Å². The summed E-state index contributed by atoms with van der Waals surface area (Å²) in [6.45, 7) is 8.01. The lowest BCUT2D eigenvalue weighted by Gasteiger charge is -2.14. The first-order valence-corrected chi connectivity index (χ1v) is 13.2. The Morgan fingerprint density at radius 3 is 2.37 bits per heavy atom. The fourth-order valence-electron chi connectivity index (χ4n) is 4.54. The van der Waals surface area contributed by atoms with Gasteiger partial charge in [-0.05, 0) is 70.8 Å². The van der Waals surface area contributed by atoms with Crippen LogP contribution in [0.15, 0.2) is 102 Å². The summed E-state index contributed by atoms with van der Waals surface area (Å²) in [5.74, 6) is 1.93. The van der Waals surface area contributed by atoms with Crippen molar-refractivity contribution < 1.29 is 14.2 Å². The molecule has 0 fully saturated rings. The smallest absolute Gasteiger partial charge is 0.263 e. The molecule has 0 bridgehead atoms. The summed E-state index contributed by atoms with van der Waals surface area (Å²) in [4.78, 5) is 21.7. The number of hydrogen-bond acceptors (Lipinski definition) is 5. The lowest BCUT2D eigenvalue weighted by Crippen LogP contribution is -2.20. The van der Waals surface area contributed by atoms with Crippen molar-refractivity contribution in [1.29, 1.82) is 0 Å². The van der Waals surface area contributed by atoms with Gasteiger partial charge >= 0.3 is 0 Å². The van der Waals surface area contributed by atoms with E-state index < -0.39 is 0 Å². The maximum Gasteiger partial charge on any atom is 0.263 e. The van der Waals surface area contributed by atoms with E-state index in [0.717, 1.165) is 5.56 Å². The number of halogens is 1. The number of methoxy groups -OCH3 is 2. The number of hydrogen-bond donors (Lipinski definition) is 0. The van der Waals surface area contributed by atoms with Crippen molar-refractivity contribution in [2.45, 2.75) is 6.42 Å².